The molecule has 0 aromatic carbocycles. The van der Waals surface area contributed by atoms with Crippen LogP contribution in [0.4, 0.5) is 5.82 Å². The Morgan fingerprint density at radius 2 is 2.44 bits per heavy atom. The van der Waals surface area contributed by atoms with Crippen LogP contribution in [-0.2, 0) is 11.3 Å². The van der Waals surface area contributed by atoms with Crippen molar-refractivity contribution in [2.24, 2.45) is 0 Å². The summed E-state index contributed by atoms with van der Waals surface area (Å²) in [6, 6.07) is 3.86. The molecule has 5 nitrogen and oxygen atoms in total. The summed E-state index contributed by atoms with van der Waals surface area (Å²) in [4.78, 5) is 18.2. The van der Waals surface area contributed by atoms with Gasteiger partial charge in [0.15, 0.2) is 0 Å². The highest BCUT2D eigenvalue weighted by Crippen LogP contribution is 2.14. The third-order valence-corrected chi connectivity index (χ3v) is 3.12. The van der Waals surface area contributed by atoms with E-state index in [0.717, 1.165) is 30.8 Å². The Labute approximate surface area is 108 Å². The Balaban J connectivity index is 1.95. The number of hydrogen-bond donors (Lipinski definition) is 2. The summed E-state index contributed by atoms with van der Waals surface area (Å²) in [6.45, 7) is 1.46. The van der Waals surface area contributed by atoms with Gasteiger partial charge in [-0.3, -0.25) is 4.79 Å². The van der Waals surface area contributed by atoms with Crippen molar-refractivity contribution >= 4 is 11.7 Å². The van der Waals surface area contributed by atoms with Crippen LogP contribution in [0.2, 0.25) is 0 Å². The van der Waals surface area contributed by atoms with E-state index < -0.39 is 0 Å². The predicted octanol–water partition coefficient (Wildman–Crippen LogP) is 0.516. The van der Waals surface area contributed by atoms with Crippen molar-refractivity contribution in [2.75, 3.05) is 25.5 Å². The molecule has 1 unspecified atom stereocenters. The van der Waals surface area contributed by atoms with Gasteiger partial charge in [-0.2, -0.15) is 0 Å². The summed E-state index contributed by atoms with van der Waals surface area (Å²) in [5, 5.41) is 6.16. The maximum atomic E-state index is 11.9. The molecule has 1 aromatic heterocycles. The highest BCUT2D eigenvalue weighted by atomic mass is 16.2. The minimum absolute atomic E-state index is 0.0236. The lowest BCUT2D eigenvalue weighted by Gasteiger charge is -2.17. The van der Waals surface area contributed by atoms with Crippen LogP contribution in [0.1, 0.15) is 18.4 Å². The van der Waals surface area contributed by atoms with Gasteiger partial charge in [-0.1, -0.05) is 6.07 Å². The van der Waals surface area contributed by atoms with E-state index >= 15 is 0 Å². The SMILES string of the molecule is CN(C)c1ncccc1CNC(=O)C1CCCN1. The Morgan fingerprint density at radius 3 is 3.11 bits per heavy atom. The average molecular weight is 248 g/mol. The van der Waals surface area contributed by atoms with Gasteiger partial charge in [0.05, 0.1) is 6.04 Å². The van der Waals surface area contributed by atoms with Crippen LogP contribution >= 0.6 is 0 Å². The molecule has 0 radical (unpaired) electrons. The molecule has 1 aliphatic heterocycles. The molecule has 1 aliphatic rings. The summed E-state index contributed by atoms with van der Waals surface area (Å²) in [6.07, 6.45) is 3.77. The smallest absolute Gasteiger partial charge is 0.237 e. The monoisotopic (exact) mass is 248 g/mol. The van der Waals surface area contributed by atoms with Crippen molar-refractivity contribution < 1.29 is 4.79 Å². The van der Waals surface area contributed by atoms with E-state index in [-0.39, 0.29) is 11.9 Å². The lowest BCUT2D eigenvalue weighted by atomic mass is 10.2. The fourth-order valence-electron chi connectivity index (χ4n) is 2.18. The standard InChI is InChI=1S/C13H20N4O/c1-17(2)12-10(5-3-8-15-12)9-16-13(18)11-6-4-7-14-11/h3,5,8,11,14H,4,6-7,9H2,1-2H3,(H,16,18). The van der Waals surface area contributed by atoms with Gasteiger partial charge in [-0.15, -0.1) is 0 Å². The van der Waals surface area contributed by atoms with E-state index in [0.29, 0.717) is 6.54 Å². The Bertz CT molecular complexity index is 413. The van der Waals surface area contributed by atoms with Gasteiger partial charge in [0, 0.05) is 32.4 Å². The molecule has 98 valence electrons. The molecule has 1 atom stereocenters. The number of hydrogen-bond acceptors (Lipinski definition) is 4. The van der Waals surface area contributed by atoms with Gasteiger partial charge < -0.3 is 15.5 Å². The number of amides is 1. The number of aromatic nitrogens is 1. The Morgan fingerprint density at radius 1 is 1.61 bits per heavy atom. The number of nitrogens with zero attached hydrogens (tertiary/aromatic N) is 2. The summed E-state index contributed by atoms with van der Waals surface area (Å²) >= 11 is 0. The van der Waals surface area contributed by atoms with E-state index in [1.807, 2.05) is 31.1 Å². The largest absolute Gasteiger partial charge is 0.362 e. The Kier molecular flexibility index (Phi) is 4.15. The van der Waals surface area contributed by atoms with Gasteiger partial charge >= 0.3 is 0 Å². The predicted molar refractivity (Wildman–Crippen MR) is 71.4 cm³/mol. The van der Waals surface area contributed by atoms with Crippen LogP contribution in [0.5, 0.6) is 0 Å². The average Bonchev–Trinajstić information content (AvgIpc) is 2.90. The van der Waals surface area contributed by atoms with Crippen LogP contribution in [0, 0.1) is 0 Å². The fourth-order valence-corrected chi connectivity index (χ4v) is 2.18. The highest BCUT2D eigenvalue weighted by molar-refractivity contribution is 5.82. The van der Waals surface area contributed by atoms with Crippen molar-refractivity contribution in [2.45, 2.75) is 25.4 Å². The van der Waals surface area contributed by atoms with E-state index in [4.69, 9.17) is 0 Å². The lowest BCUT2D eigenvalue weighted by molar-refractivity contribution is -0.122. The van der Waals surface area contributed by atoms with Crippen molar-refractivity contribution in [3.05, 3.63) is 23.9 Å². The minimum atomic E-state index is -0.0236. The Hall–Kier alpha value is -1.62. The van der Waals surface area contributed by atoms with E-state index in [1.165, 1.54) is 0 Å². The van der Waals surface area contributed by atoms with Gasteiger partial charge in [0.1, 0.15) is 5.82 Å². The number of nitrogens with one attached hydrogen (secondary N) is 2. The van der Waals surface area contributed by atoms with Gasteiger partial charge in [0.2, 0.25) is 5.91 Å². The first-order valence-corrected chi connectivity index (χ1v) is 6.31. The number of anilines is 1. The van der Waals surface area contributed by atoms with Crippen LogP contribution in [-0.4, -0.2) is 37.6 Å². The van der Waals surface area contributed by atoms with E-state index in [9.17, 15) is 4.79 Å². The zero-order valence-electron chi connectivity index (χ0n) is 10.9. The molecule has 2 rings (SSSR count). The molecule has 1 fully saturated rings. The van der Waals surface area contributed by atoms with Crippen molar-refractivity contribution in [1.29, 1.82) is 0 Å². The molecular formula is C13H20N4O. The first-order chi connectivity index (χ1) is 8.68. The number of rotatable bonds is 4. The second kappa shape index (κ2) is 5.82. The lowest BCUT2D eigenvalue weighted by Crippen LogP contribution is -2.40. The zero-order valence-corrected chi connectivity index (χ0v) is 10.9. The highest BCUT2D eigenvalue weighted by Gasteiger charge is 2.21. The normalized spacial score (nSPS) is 18.7. The molecule has 0 bridgehead atoms. The van der Waals surface area contributed by atoms with Crippen molar-refractivity contribution in [3.8, 4) is 0 Å². The van der Waals surface area contributed by atoms with Crippen LogP contribution < -0.4 is 15.5 Å². The van der Waals surface area contributed by atoms with Crippen LogP contribution in [0.3, 0.4) is 0 Å². The fraction of sp³-hybridized carbons (Fsp3) is 0.538. The molecule has 0 spiro atoms. The summed E-state index contributed by atoms with van der Waals surface area (Å²) < 4.78 is 0. The molecule has 1 aromatic rings. The van der Waals surface area contributed by atoms with Gasteiger partial charge in [0.25, 0.3) is 0 Å². The number of pyridine rings is 1. The minimum Gasteiger partial charge on any atom is -0.362 e. The second-order valence-corrected chi connectivity index (χ2v) is 4.75. The maximum Gasteiger partial charge on any atom is 0.237 e. The summed E-state index contributed by atoms with van der Waals surface area (Å²) in [7, 11) is 3.90. The van der Waals surface area contributed by atoms with Crippen LogP contribution in [0.25, 0.3) is 0 Å². The molecule has 18 heavy (non-hydrogen) atoms. The second-order valence-electron chi connectivity index (χ2n) is 4.75. The van der Waals surface area contributed by atoms with Gasteiger partial charge in [-0.25, -0.2) is 4.98 Å². The topological polar surface area (TPSA) is 57.3 Å². The van der Waals surface area contributed by atoms with Crippen LogP contribution in [0.15, 0.2) is 18.3 Å². The molecule has 1 amide bonds. The maximum absolute atomic E-state index is 11.9. The van der Waals surface area contributed by atoms with Gasteiger partial charge in [-0.05, 0) is 25.5 Å². The quantitative estimate of drug-likeness (QED) is 0.815. The molecule has 0 saturated carbocycles. The van der Waals surface area contributed by atoms with Crippen molar-refractivity contribution in [1.82, 2.24) is 15.6 Å². The third-order valence-electron chi connectivity index (χ3n) is 3.12. The third kappa shape index (κ3) is 2.98. The first-order valence-electron chi connectivity index (χ1n) is 6.31. The first kappa shape index (κ1) is 12.8. The van der Waals surface area contributed by atoms with E-state index in [1.54, 1.807) is 6.20 Å². The summed E-state index contributed by atoms with van der Waals surface area (Å²) in [5.41, 5.74) is 1.04. The number of carbonyl (C=O) groups is 1. The molecule has 2 N–H and O–H groups in total. The van der Waals surface area contributed by atoms with Crippen molar-refractivity contribution in [3.63, 3.8) is 0 Å². The molecule has 5 heteroatoms. The molecule has 1 saturated heterocycles. The molecule has 2 heterocycles. The summed E-state index contributed by atoms with van der Waals surface area (Å²) in [5.74, 6) is 0.984. The molecule has 0 aliphatic carbocycles. The number of carbonyl (C=O) groups excluding carboxylic acids is 1. The zero-order chi connectivity index (χ0) is 13.0. The van der Waals surface area contributed by atoms with E-state index in [2.05, 4.69) is 15.6 Å². The molecular weight excluding hydrogens is 228 g/mol.